The summed E-state index contributed by atoms with van der Waals surface area (Å²) >= 11 is 12.0. The van der Waals surface area contributed by atoms with E-state index in [0.29, 0.717) is 32.3 Å². The number of fused-ring (bicyclic) bond motifs is 1. The third-order valence-corrected chi connectivity index (χ3v) is 5.82. The molecule has 1 heterocycles. The van der Waals surface area contributed by atoms with Crippen molar-refractivity contribution in [3.8, 4) is 0 Å². The van der Waals surface area contributed by atoms with E-state index in [4.69, 9.17) is 23.2 Å². The molecule has 0 saturated heterocycles. The topological polar surface area (TPSA) is 92.2 Å². The number of amides is 3. The molecule has 9 heteroatoms. The van der Waals surface area contributed by atoms with Crippen LogP contribution in [0.1, 0.15) is 21.6 Å². The molecule has 0 spiro atoms. The molecule has 0 bridgehead atoms. The third-order valence-electron chi connectivity index (χ3n) is 5.35. The molecule has 3 aromatic carbocycles. The molecule has 0 radical (unpaired) electrons. The lowest BCUT2D eigenvalue weighted by Crippen LogP contribution is -2.36. The molecule has 7 nitrogen and oxygen atoms in total. The molecule has 4 aromatic rings. The Labute approximate surface area is 205 Å². The molecule has 4 rings (SSSR count). The second kappa shape index (κ2) is 9.59. The van der Waals surface area contributed by atoms with E-state index in [2.05, 4.69) is 16.1 Å². The summed E-state index contributed by atoms with van der Waals surface area (Å²) in [4.78, 5) is 38.4. The van der Waals surface area contributed by atoms with E-state index in [1.165, 1.54) is 10.7 Å². The summed E-state index contributed by atoms with van der Waals surface area (Å²) < 4.78 is 1.27. The highest BCUT2D eigenvalue weighted by molar-refractivity contribution is 6.42. The Morgan fingerprint density at radius 2 is 1.53 bits per heavy atom. The second-order valence-electron chi connectivity index (χ2n) is 7.68. The number of halogens is 2. The lowest BCUT2D eigenvalue weighted by atomic mass is 10.1. The number of carbonyl (C=O) groups excluding carboxylic acids is 3. The number of benzene rings is 3. The number of hydrogen-bond donors (Lipinski definition) is 3. The summed E-state index contributed by atoms with van der Waals surface area (Å²) in [5, 5.41) is 6.86. The summed E-state index contributed by atoms with van der Waals surface area (Å²) in [6.07, 6.45) is 0. The standard InChI is InChI=1S/C25H20Cl2N4O3/c1-14-5-3-8-20(15(14)2)29-23(32)22-12-16-11-18(27)9-10-21(16)31(22)30-25(34)24(33)28-19-7-4-6-17(26)13-19/h3-13H,1-2H3,(H,28,33)(H,29,32)(H,30,34). The van der Waals surface area contributed by atoms with Crippen molar-refractivity contribution < 1.29 is 14.4 Å². The summed E-state index contributed by atoms with van der Waals surface area (Å²) in [7, 11) is 0. The van der Waals surface area contributed by atoms with E-state index in [-0.39, 0.29) is 5.69 Å². The number of nitrogens with zero attached hydrogens (tertiary/aromatic N) is 1. The number of hydrogen-bond acceptors (Lipinski definition) is 3. The van der Waals surface area contributed by atoms with Gasteiger partial charge in [0.15, 0.2) is 0 Å². The number of anilines is 2. The van der Waals surface area contributed by atoms with Crippen molar-refractivity contribution in [3.63, 3.8) is 0 Å². The highest BCUT2D eigenvalue weighted by atomic mass is 35.5. The average Bonchev–Trinajstić information content (AvgIpc) is 3.14. The minimum absolute atomic E-state index is 0.127. The minimum Gasteiger partial charge on any atom is -0.320 e. The van der Waals surface area contributed by atoms with Gasteiger partial charge in [0.25, 0.3) is 5.91 Å². The van der Waals surface area contributed by atoms with Crippen LogP contribution in [0.15, 0.2) is 66.7 Å². The number of carbonyl (C=O) groups is 3. The number of aromatic nitrogens is 1. The zero-order valence-corrected chi connectivity index (χ0v) is 19.8. The Morgan fingerprint density at radius 3 is 2.29 bits per heavy atom. The van der Waals surface area contributed by atoms with E-state index in [1.54, 1.807) is 48.5 Å². The molecule has 3 N–H and O–H groups in total. The monoisotopic (exact) mass is 494 g/mol. The first-order valence-corrected chi connectivity index (χ1v) is 11.0. The first kappa shape index (κ1) is 23.4. The Kier molecular flexibility index (Phi) is 6.58. The zero-order chi connectivity index (χ0) is 24.4. The van der Waals surface area contributed by atoms with Gasteiger partial charge >= 0.3 is 11.8 Å². The van der Waals surface area contributed by atoms with Crippen molar-refractivity contribution in [2.45, 2.75) is 13.8 Å². The summed E-state index contributed by atoms with van der Waals surface area (Å²) in [6, 6.07) is 18.5. The molecule has 0 unspecified atom stereocenters. The van der Waals surface area contributed by atoms with E-state index < -0.39 is 17.7 Å². The van der Waals surface area contributed by atoms with Crippen molar-refractivity contribution in [1.29, 1.82) is 0 Å². The van der Waals surface area contributed by atoms with Gasteiger partial charge < -0.3 is 10.6 Å². The molecule has 0 atom stereocenters. The van der Waals surface area contributed by atoms with Crippen LogP contribution in [0.2, 0.25) is 10.0 Å². The SMILES string of the molecule is Cc1cccc(NC(=O)c2cc3cc(Cl)ccc3n2NC(=O)C(=O)Nc2cccc(Cl)c2)c1C. The average molecular weight is 495 g/mol. The summed E-state index contributed by atoms with van der Waals surface area (Å²) in [5.74, 6) is -2.34. The third kappa shape index (κ3) is 4.90. The second-order valence-corrected chi connectivity index (χ2v) is 8.55. The summed E-state index contributed by atoms with van der Waals surface area (Å²) in [5.41, 5.74) is 6.09. The van der Waals surface area contributed by atoms with Crippen molar-refractivity contribution in [3.05, 3.63) is 93.6 Å². The maximum absolute atomic E-state index is 13.2. The molecule has 34 heavy (non-hydrogen) atoms. The smallest absolute Gasteiger partial charge is 0.320 e. The predicted molar refractivity (Wildman–Crippen MR) is 135 cm³/mol. The normalized spacial score (nSPS) is 10.7. The van der Waals surface area contributed by atoms with Gasteiger partial charge in [-0.1, -0.05) is 41.4 Å². The maximum Gasteiger partial charge on any atom is 0.328 e. The quantitative estimate of drug-likeness (QED) is 0.326. The molecular weight excluding hydrogens is 475 g/mol. The van der Waals surface area contributed by atoms with Crippen molar-refractivity contribution >= 4 is 63.2 Å². The number of rotatable bonds is 4. The highest BCUT2D eigenvalue weighted by Gasteiger charge is 2.21. The highest BCUT2D eigenvalue weighted by Crippen LogP contribution is 2.25. The molecular formula is C25H20Cl2N4O3. The molecule has 0 aliphatic rings. The number of aryl methyl sites for hydroxylation is 1. The van der Waals surface area contributed by atoms with Crippen LogP contribution in [0, 0.1) is 13.8 Å². The van der Waals surface area contributed by atoms with Gasteiger partial charge in [-0.3, -0.25) is 19.8 Å². The van der Waals surface area contributed by atoms with E-state index in [1.807, 2.05) is 26.0 Å². The molecule has 0 fully saturated rings. The van der Waals surface area contributed by atoms with E-state index in [0.717, 1.165) is 11.1 Å². The van der Waals surface area contributed by atoms with Gasteiger partial charge in [-0.25, -0.2) is 4.68 Å². The largest absolute Gasteiger partial charge is 0.328 e. The molecule has 172 valence electrons. The molecule has 0 aliphatic carbocycles. The Morgan fingerprint density at radius 1 is 0.794 bits per heavy atom. The minimum atomic E-state index is -0.965. The van der Waals surface area contributed by atoms with Gasteiger partial charge in [0, 0.05) is 26.8 Å². The molecule has 0 aliphatic heterocycles. The van der Waals surface area contributed by atoms with Gasteiger partial charge in [0.05, 0.1) is 5.52 Å². The van der Waals surface area contributed by atoms with Gasteiger partial charge in [-0.15, -0.1) is 0 Å². The van der Waals surface area contributed by atoms with Crippen LogP contribution in [-0.2, 0) is 9.59 Å². The van der Waals surface area contributed by atoms with Gasteiger partial charge in [0.2, 0.25) is 0 Å². The van der Waals surface area contributed by atoms with E-state index >= 15 is 0 Å². The Balaban J connectivity index is 1.65. The Hall–Kier alpha value is -3.81. The van der Waals surface area contributed by atoms with Crippen LogP contribution in [-0.4, -0.2) is 22.4 Å². The molecule has 3 amide bonds. The van der Waals surface area contributed by atoms with Crippen LogP contribution < -0.4 is 16.1 Å². The predicted octanol–water partition coefficient (Wildman–Crippen LogP) is 5.53. The van der Waals surface area contributed by atoms with Crippen molar-refractivity contribution in [2.24, 2.45) is 0 Å². The molecule has 0 saturated carbocycles. The lowest BCUT2D eigenvalue weighted by Gasteiger charge is -2.14. The van der Waals surface area contributed by atoms with Crippen molar-refractivity contribution in [1.82, 2.24) is 4.68 Å². The van der Waals surface area contributed by atoms with Gasteiger partial charge in [-0.2, -0.15) is 0 Å². The van der Waals surface area contributed by atoms with Crippen LogP contribution in [0.5, 0.6) is 0 Å². The summed E-state index contributed by atoms with van der Waals surface area (Å²) in [6.45, 7) is 3.85. The Bertz CT molecular complexity index is 1450. The zero-order valence-electron chi connectivity index (χ0n) is 18.3. The molecule has 1 aromatic heterocycles. The maximum atomic E-state index is 13.2. The fraction of sp³-hybridized carbons (Fsp3) is 0.0800. The first-order chi connectivity index (χ1) is 16.2. The van der Waals surface area contributed by atoms with Crippen molar-refractivity contribution in [2.75, 3.05) is 16.1 Å². The van der Waals surface area contributed by atoms with Crippen LogP contribution in [0.4, 0.5) is 11.4 Å². The van der Waals surface area contributed by atoms with Gasteiger partial charge in [-0.05, 0) is 73.5 Å². The first-order valence-electron chi connectivity index (χ1n) is 10.3. The van der Waals surface area contributed by atoms with Crippen LogP contribution in [0.25, 0.3) is 10.9 Å². The van der Waals surface area contributed by atoms with Crippen LogP contribution in [0.3, 0.4) is 0 Å². The lowest BCUT2D eigenvalue weighted by molar-refractivity contribution is -0.133. The fourth-order valence-corrected chi connectivity index (χ4v) is 3.82. The fourth-order valence-electron chi connectivity index (χ4n) is 3.45. The van der Waals surface area contributed by atoms with E-state index in [9.17, 15) is 14.4 Å². The number of nitrogens with one attached hydrogen (secondary N) is 3. The van der Waals surface area contributed by atoms with Crippen LogP contribution >= 0.6 is 23.2 Å². The van der Waals surface area contributed by atoms with Gasteiger partial charge in [0.1, 0.15) is 5.69 Å².